The topological polar surface area (TPSA) is 126 Å². The summed E-state index contributed by atoms with van der Waals surface area (Å²) in [4.78, 5) is 40.1. The van der Waals surface area contributed by atoms with Gasteiger partial charge in [0.15, 0.2) is 0 Å². The Hall–Kier alpha value is -3.94. The minimum atomic E-state index is -0.803. The van der Waals surface area contributed by atoms with E-state index in [-0.39, 0.29) is 0 Å². The molecule has 3 rings (SSSR count). The van der Waals surface area contributed by atoms with Crippen LogP contribution in [0.25, 0.3) is 10.9 Å². The van der Waals surface area contributed by atoms with Crippen molar-refractivity contribution in [2.24, 2.45) is 5.73 Å². The summed E-state index contributed by atoms with van der Waals surface area (Å²) < 4.78 is 0. The Balaban J connectivity index is 1.46. The molecule has 33 heavy (non-hydrogen) atoms. The lowest BCUT2D eigenvalue weighted by Crippen LogP contribution is -2.52. The van der Waals surface area contributed by atoms with Crippen molar-refractivity contribution in [3.63, 3.8) is 0 Å². The molecular formula is C25H29N5O3. The summed E-state index contributed by atoms with van der Waals surface area (Å²) >= 11 is 0. The molecule has 3 amide bonds. The minimum absolute atomic E-state index is 0.319. The van der Waals surface area contributed by atoms with Crippen LogP contribution in [0.2, 0.25) is 0 Å². The van der Waals surface area contributed by atoms with Gasteiger partial charge >= 0.3 is 0 Å². The number of hydrogen-bond acceptors (Lipinski definition) is 5. The number of nitrogens with one attached hydrogen (secondary N) is 3. The van der Waals surface area contributed by atoms with Gasteiger partial charge in [0, 0.05) is 18.4 Å². The van der Waals surface area contributed by atoms with E-state index < -0.39 is 23.9 Å². The largest absolute Gasteiger partial charge is 0.370 e. The van der Waals surface area contributed by atoms with E-state index in [0.29, 0.717) is 32.2 Å². The van der Waals surface area contributed by atoms with Crippen LogP contribution in [0.4, 0.5) is 5.82 Å². The van der Waals surface area contributed by atoms with E-state index in [1.807, 2.05) is 66.7 Å². The maximum Gasteiger partial charge on any atom is 0.243 e. The Kier molecular flexibility index (Phi) is 8.76. The number of carbonyl (C=O) groups excluding carboxylic acids is 3. The summed E-state index contributed by atoms with van der Waals surface area (Å²) in [7, 11) is 0. The third kappa shape index (κ3) is 7.31. The molecule has 2 unspecified atom stereocenters. The first-order chi connectivity index (χ1) is 16.1. The highest BCUT2D eigenvalue weighted by Gasteiger charge is 2.24. The Labute approximate surface area is 193 Å². The van der Waals surface area contributed by atoms with Crippen LogP contribution in [0.5, 0.6) is 0 Å². The summed E-state index contributed by atoms with van der Waals surface area (Å²) in [5.41, 5.74) is 7.32. The normalized spacial score (nSPS) is 12.5. The number of anilines is 1. The van der Waals surface area contributed by atoms with Gasteiger partial charge in [-0.3, -0.25) is 14.4 Å². The highest BCUT2D eigenvalue weighted by molar-refractivity contribution is 5.90. The van der Waals surface area contributed by atoms with Gasteiger partial charge in [-0.2, -0.15) is 0 Å². The van der Waals surface area contributed by atoms with Crippen LogP contribution in [-0.4, -0.2) is 41.8 Å². The second-order valence-corrected chi connectivity index (χ2v) is 7.80. The number of benzene rings is 2. The van der Waals surface area contributed by atoms with E-state index in [2.05, 4.69) is 20.9 Å². The standard InChI is InChI=1S/C25H29N5O3/c26-24(32)21(30-25(33)22(28-17-31)16-18-8-2-1-3-9-18)12-6-7-15-27-23-14-13-19-10-4-5-11-20(19)29-23/h1-5,8-11,13-14,17,21-22H,6-7,12,15-16H2,(H2,26,32)(H,27,29)(H,28,31)(H,30,33). The van der Waals surface area contributed by atoms with Gasteiger partial charge in [0.05, 0.1) is 5.52 Å². The van der Waals surface area contributed by atoms with Gasteiger partial charge in [-0.1, -0.05) is 48.5 Å². The molecule has 0 spiro atoms. The van der Waals surface area contributed by atoms with Crippen molar-refractivity contribution < 1.29 is 14.4 Å². The number of para-hydroxylation sites is 1. The first-order valence-electron chi connectivity index (χ1n) is 11.0. The van der Waals surface area contributed by atoms with Crippen molar-refractivity contribution >= 4 is 34.9 Å². The Morgan fingerprint density at radius 1 is 0.939 bits per heavy atom. The molecule has 0 aliphatic carbocycles. The highest BCUT2D eigenvalue weighted by atomic mass is 16.2. The van der Waals surface area contributed by atoms with Crippen molar-refractivity contribution in [2.45, 2.75) is 37.8 Å². The number of hydrogen-bond donors (Lipinski definition) is 4. The van der Waals surface area contributed by atoms with Crippen molar-refractivity contribution in [1.29, 1.82) is 0 Å². The molecule has 5 N–H and O–H groups in total. The van der Waals surface area contributed by atoms with Crippen LogP contribution in [0.1, 0.15) is 24.8 Å². The average molecular weight is 448 g/mol. The second-order valence-electron chi connectivity index (χ2n) is 7.80. The van der Waals surface area contributed by atoms with Crippen LogP contribution in [0.15, 0.2) is 66.7 Å². The number of nitrogens with zero attached hydrogens (tertiary/aromatic N) is 1. The molecule has 2 atom stereocenters. The van der Waals surface area contributed by atoms with E-state index in [9.17, 15) is 14.4 Å². The predicted octanol–water partition coefficient (Wildman–Crippen LogP) is 2.14. The van der Waals surface area contributed by atoms with Crippen molar-refractivity contribution in [3.8, 4) is 0 Å². The lowest BCUT2D eigenvalue weighted by molar-refractivity contribution is -0.129. The van der Waals surface area contributed by atoms with Crippen LogP contribution < -0.4 is 21.7 Å². The van der Waals surface area contributed by atoms with Gasteiger partial charge in [0.25, 0.3) is 0 Å². The number of nitrogens with two attached hydrogens (primary N) is 1. The molecule has 0 radical (unpaired) electrons. The molecule has 8 heteroatoms. The SMILES string of the molecule is NC(=O)C(CCCCNc1ccc2ccccc2n1)NC(=O)C(Cc1ccccc1)NC=O. The Morgan fingerprint density at radius 2 is 1.70 bits per heavy atom. The Bertz CT molecular complexity index is 1070. The molecule has 172 valence electrons. The molecule has 8 nitrogen and oxygen atoms in total. The quantitative estimate of drug-likeness (QED) is 0.236. The van der Waals surface area contributed by atoms with Crippen molar-refractivity contribution in [1.82, 2.24) is 15.6 Å². The lowest BCUT2D eigenvalue weighted by atomic mass is 10.0. The number of fused-ring (bicyclic) bond motifs is 1. The van der Waals surface area contributed by atoms with Gasteiger partial charge in [-0.05, 0) is 43.0 Å². The number of pyridine rings is 1. The average Bonchev–Trinajstić information content (AvgIpc) is 2.83. The van der Waals surface area contributed by atoms with E-state index in [1.165, 1.54) is 0 Å². The first kappa shape index (κ1) is 23.7. The van der Waals surface area contributed by atoms with E-state index in [4.69, 9.17) is 5.73 Å². The number of amides is 3. The molecule has 1 aromatic heterocycles. The summed E-state index contributed by atoms with van der Waals surface area (Å²) in [5, 5.41) is 9.56. The number of rotatable bonds is 13. The summed E-state index contributed by atoms with van der Waals surface area (Å²) in [6.45, 7) is 0.675. The van der Waals surface area contributed by atoms with Gasteiger partial charge in [-0.15, -0.1) is 0 Å². The second kappa shape index (κ2) is 12.2. The van der Waals surface area contributed by atoms with Gasteiger partial charge in [0.1, 0.15) is 17.9 Å². The smallest absolute Gasteiger partial charge is 0.243 e. The highest BCUT2D eigenvalue weighted by Crippen LogP contribution is 2.14. The predicted molar refractivity (Wildman–Crippen MR) is 128 cm³/mol. The maximum atomic E-state index is 12.7. The molecule has 0 saturated carbocycles. The minimum Gasteiger partial charge on any atom is -0.370 e. The zero-order valence-electron chi connectivity index (χ0n) is 18.4. The van der Waals surface area contributed by atoms with Crippen molar-refractivity contribution in [2.75, 3.05) is 11.9 Å². The third-order valence-corrected chi connectivity index (χ3v) is 5.35. The van der Waals surface area contributed by atoms with Crippen molar-refractivity contribution in [3.05, 3.63) is 72.3 Å². The molecule has 0 aliphatic rings. The van der Waals surface area contributed by atoms with E-state index >= 15 is 0 Å². The summed E-state index contributed by atoms with van der Waals surface area (Å²) in [6, 6.07) is 19.6. The fraction of sp³-hybridized carbons (Fsp3) is 0.280. The lowest BCUT2D eigenvalue weighted by Gasteiger charge is -2.20. The molecule has 0 aliphatic heterocycles. The summed E-state index contributed by atoms with van der Waals surface area (Å²) in [6.07, 6.45) is 2.67. The van der Waals surface area contributed by atoms with Gasteiger partial charge in [0.2, 0.25) is 18.2 Å². The monoisotopic (exact) mass is 447 g/mol. The molecule has 2 aromatic carbocycles. The number of aromatic nitrogens is 1. The zero-order valence-corrected chi connectivity index (χ0v) is 18.4. The van der Waals surface area contributed by atoms with Crippen LogP contribution in [0, 0.1) is 0 Å². The van der Waals surface area contributed by atoms with Crippen LogP contribution in [0.3, 0.4) is 0 Å². The van der Waals surface area contributed by atoms with Gasteiger partial charge in [-0.25, -0.2) is 4.98 Å². The maximum absolute atomic E-state index is 12.7. The summed E-state index contributed by atoms with van der Waals surface area (Å²) in [5.74, 6) is -0.248. The first-order valence-corrected chi connectivity index (χ1v) is 11.0. The Morgan fingerprint density at radius 3 is 2.45 bits per heavy atom. The fourth-order valence-electron chi connectivity index (χ4n) is 3.57. The molecule has 1 heterocycles. The third-order valence-electron chi connectivity index (χ3n) is 5.35. The molecule has 0 saturated heterocycles. The zero-order chi connectivity index (χ0) is 23.5. The van der Waals surface area contributed by atoms with E-state index in [0.717, 1.165) is 28.7 Å². The number of carbonyl (C=O) groups is 3. The number of primary amides is 1. The molecule has 0 fully saturated rings. The number of unbranched alkanes of at least 4 members (excludes halogenated alkanes) is 1. The van der Waals surface area contributed by atoms with Gasteiger partial charge < -0.3 is 21.7 Å². The fourth-order valence-corrected chi connectivity index (χ4v) is 3.57. The molecule has 0 bridgehead atoms. The molecular weight excluding hydrogens is 418 g/mol. The van der Waals surface area contributed by atoms with Crippen LogP contribution >= 0.6 is 0 Å². The molecule has 3 aromatic rings. The van der Waals surface area contributed by atoms with E-state index in [1.54, 1.807) is 0 Å². The van der Waals surface area contributed by atoms with Crippen LogP contribution in [-0.2, 0) is 20.8 Å².